The quantitative estimate of drug-likeness (QED) is 0.0673. The van der Waals surface area contributed by atoms with E-state index < -0.39 is 55.3 Å². The predicted octanol–water partition coefficient (Wildman–Crippen LogP) is 6.03. The van der Waals surface area contributed by atoms with Crippen LogP contribution in [0.2, 0.25) is 0 Å². The second-order valence-corrected chi connectivity index (χ2v) is 18.0. The van der Waals surface area contributed by atoms with E-state index in [0.29, 0.717) is 11.1 Å². The zero-order valence-electron chi connectivity index (χ0n) is 32.6. The smallest absolute Gasteiger partial charge is 0.331 e. The molecule has 1 aromatic heterocycles. The van der Waals surface area contributed by atoms with Crippen molar-refractivity contribution in [1.82, 2.24) is 20.5 Å². The Bertz CT molecular complexity index is 2450. The molecular formula is C46H44N4O7S. The molecular weight excluding hydrogens is 753 g/mol. The molecule has 0 spiro atoms. The van der Waals surface area contributed by atoms with Gasteiger partial charge < -0.3 is 20.3 Å². The van der Waals surface area contributed by atoms with Gasteiger partial charge in [0.25, 0.3) is 11.8 Å². The molecule has 2 fully saturated rings. The fourth-order valence-corrected chi connectivity index (χ4v) is 9.55. The fourth-order valence-electron chi connectivity index (χ4n) is 7.43. The lowest BCUT2D eigenvalue weighted by atomic mass is 9.83. The standard InChI is InChI=1S/C46H44N4O7S/c1-45(2,35-22-20-31(21-23-35)30-14-8-5-9-15-30)44(54)49-27-26-48-40(51)34-24-25-47-36(28-34)29-37-41(52)50-39(46(3,4)58(55,56)42(37)50)43(53)57-38(32-16-10-6-11-17-32)33-18-12-7-13-19-33/h5-25,28-29,38-39,42H,26-27H2,1-4H3,(H,48,51)(H,49,54)/t39-,42+/m0/s1. The number of carbonyl (C=O) groups excluding carboxylic acids is 4. The lowest BCUT2D eigenvalue weighted by Gasteiger charge is -2.38. The van der Waals surface area contributed by atoms with E-state index >= 15 is 0 Å². The molecule has 3 amide bonds. The highest BCUT2D eigenvalue weighted by atomic mass is 32.2. The van der Waals surface area contributed by atoms with Crippen LogP contribution in [-0.2, 0) is 34.4 Å². The number of rotatable bonds is 12. The first-order valence-corrected chi connectivity index (χ1v) is 20.5. The van der Waals surface area contributed by atoms with E-state index in [1.54, 1.807) is 0 Å². The summed E-state index contributed by atoms with van der Waals surface area (Å²) >= 11 is 0. The Morgan fingerprint density at radius 2 is 1.36 bits per heavy atom. The molecule has 5 aromatic rings. The number of aromatic nitrogens is 1. The van der Waals surface area contributed by atoms with Gasteiger partial charge in [-0.1, -0.05) is 115 Å². The van der Waals surface area contributed by atoms with E-state index in [0.717, 1.165) is 21.6 Å². The minimum absolute atomic E-state index is 0.0591. The van der Waals surface area contributed by atoms with Crippen molar-refractivity contribution in [1.29, 1.82) is 0 Å². The van der Waals surface area contributed by atoms with Gasteiger partial charge in [0, 0.05) is 24.8 Å². The lowest BCUT2D eigenvalue weighted by Crippen LogP contribution is -2.59. The average Bonchev–Trinajstić information content (AvgIpc) is 3.39. The van der Waals surface area contributed by atoms with Gasteiger partial charge in [0.05, 0.1) is 16.7 Å². The van der Waals surface area contributed by atoms with Gasteiger partial charge in [0.1, 0.15) is 4.75 Å². The maximum Gasteiger partial charge on any atom is 0.331 e. The fraction of sp³-hybridized carbons (Fsp3) is 0.239. The second-order valence-electron chi connectivity index (χ2n) is 15.4. The van der Waals surface area contributed by atoms with Crippen molar-refractivity contribution in [2.24, 2.45) is 0 Å². The maximum absolute atomic E-state index is 14.0. The normalized spacial score (nSPS) is 18.6. The first-order chi connectivity index (χ1) is 27.7. The molecule has 0 saturated carbocycles. The maximum atomic E-state index is 14.0. The molecule has 3 heterocycles. The van der Waals surface area contributed by atoms with Gasteiger partial charge >= 0.3 is 5.97 Å². The Balaban J connectivity index is 0.991. The molecule has 58 heavy (non-hydrogen) atoms. The molecule has 11 nitrogen and oxygen atoms in total. The van der Waals surface area contributed by atoms with Crippen molar-refractivity contribution in [3.63, 3.8) is 0 Å². The number of hydrogen-bond acceptors (Lipinski definition) is 8. The van der Waals surface area contributed by atoms with E-state index in [2.05, 4.69) is 15.6 Å². The van der Waals surface area contributed by atoms with Crippen LogP contribution in [0.3, 0.4) is 0 Å². The van der Waals surface area contributed by atoms with Gasteiger partial charge in [-0.2, -0.15) is 0 Å². The van der Waals surface area contributed by atoms with Crippen LogP contribution in [0.5, 0.6) is 0 Å². The number of amides is 3. The zero-order valence-corrected chi connectivity index (χ0v) is 33.4. The summed E-state index contributed by atoms with van der Waals surface area (Å²) in [5, 5.41) is 4.29. The molecule has 7 rings (SSSR count). The van der Waals surface area contributed by atoms with Crippen molar-refractivity contribution < 1.29 is 32.3 Å². The molecule has 296 valence electrons. The summed E-state index contributed by atoms with van der Waals surface area (Å²) in [5.74, 6) is -2.12. The van der Waals surface area contributed by atoms with Crippen LogP contribution in [0, 0.1) is 0 Å². The minimum atomic E-state index is -4.12. The van der Waals surface area contributed by atoms with Crippen LogP contribution in [-0.4, -0.2) is 71.2 Å². The van der Waals surface area contributed by atoms with Crippen molar-refractivity contribution in [3.05, 3.63) is 167 Å². The number of carbonyl (C=O) groups is 4. The number of nitrogens with one attached hydrogen (secondary N) is 2. The number of sulfone groups is 1. The molecule has 0 aliphatic carbocycles. The van der Waals surface area contributed by atoms with Gasteiger partial charge in [0.2, 0.25) is 5.91 Å². The number of hydrogen-bond donors (Lipinski definition) is 2. The van der Waals surface area contributed by atoms with Gasteiger partial charge in [-0.25, -0.2) is 13.2 Å². The first-order valence-electron chi connectivity index (χ1n) is 19.0. The highest BCUT2D eigenvalue weighted by Gasteiger charge is 2.70. The largest absolute Gasteiger partial charge is 0.451 e. The highest BCUT2D eigenvalue weighted by Crippen LogP contribution is 2.49. The number of nitrogens with zero attached hydrogens (tertiary/aromatic N) is 2. The molecule has 4 aromatic carbocycles. The third-order valence-electron chi connectivity index (χ3n) is 11.0. The highest BCUT2D eigenvalue weighted by molar-refractivity contribution is 7.94. The first kappa shape index (κ1) is 39.8. The Hall–Kier alpha value is -6.40. The minimum Gasteiger partial charge on any atom is -0.451 e. The third-order valence-corrected chi connectivity index (χ3v) is 13.7. The van der Waals surface area contributed by atoms with Crippen molar-refractivity contribution in [2.45, 2.75) is 55.4 Å². The van der Waals surface area contributed by atoms with Crippen LogP contribution in [0.15, 0.2) is 139 Å². The predicted molar refractivity (Wildman–Crippen MR) is 221 cm³/mol. The van der Waals surface area contributed by atoms with Crippen LogP contribution < -0.4 is 10.6 Å². The molecule has 0 radical (unpaired) electrons. The van der Waals surface area contributed by atoms with Gasteiger partial charge in [0.15, 0.2) is 27.4 Å². The van der Waals surface area contributed by atoms with E-state index in [-0.39, 0.29) is 35.8 Å². The number of β-lactam (4-membered cyclic amide) rings is 1. The average molecular weight is 797 g/mol. The molecule has 2 aliphatic rings. The summed E-state index contributed by atoms with van der Waals surface area (Å²) in [6.07, 6.45) is 1.90. The van der Waals surface area contributed by atoms with E-state index in [9.17, 15) is 27.6 Å². The Labute approximate surface area is 338 Å². The van der Waals surface area contributed by atoms with Crippen molar-refractivity contribution in [2.75, 3.05) is 13.1 Å². The number of pyridine rings is 1. The van der Waals surface area contributed by atoms with Crippen LogP contribution in [0.4, 0.5) is 0 Å². The molecule has 2 atom stereocenters. The second kappa shape index (κ2) is 15.9. The van der Waals surface area contributed by atoms with Crippen LogP contribution >= 0.6 is 0 Å². The number of esters is 1. The van der Waals surface area contributed by atoms with Gasteiger partial charge in [-0.15, -0.1) is 0 Å². The molecule has 0 bridgehead atoms. The topological polar surface area (TPSA) is 152 Å². The zero-order chi connectivity index (χ0) is 41.2. The molecule has 2 N–H and O–H groups in total. The molecule has 12 heteroatoms. The lowest BCUT2D eigenvalue weighted by molar-refractivity contribution is -0.160. The number of benzene rings is 4. The summed E-state index contributed by atoms with van der Waals surface area (Å²) in [6, 6.07) is 37.6. The summed E-state index contributed by atoms with van der Waals surface area (Å²) in [4.78, 5) is 59.3. The van der Waals surface area contributed by atoms with Gasteiger partial charge in [-0.05, 0) is 73.7 Å². The van der Waals surface area contributed by atoms with E-state index in [1.807, 2.05) is 129 Å². The summed E-state index contributed by atoms with van der Waals surface area (Å²) in [7, 11) is -4.12. The molecule has 2 saturated heterocycles. The number of ether oxygens (including phenoxy) is 1. The third kappa shape index (κ3) is 7.43. The monoisotopic (exact) mass is 796 g/mol. The van der Waals surface area contributed by atoms with Crippen molar-refractivity contribution in [3.8, 4) is 11.1 Å². The van der Waals surface area contributed by atoms with Crippen LogP contribution in [0.25, 0.3) is 17.2 Å². The molecule has 2 aliphatic heterocycles. The van der Waals surface area contributed by atoms with Gasteiger partial charge in [-0.3, -0.25) is 19.4 Å². The summed E-state index contributed by atoms with van der Waals surface area (Å²) in [5.41, 5.74) is 3.90. The Morgan fingerprint density at radius 3 is 1.97 bits per heavy atom. The summed E-state index contributed by atoms with van der Waals surface area (Å²) < 4.78 is 32.3. The van der Waals surface area contributed by atoms with E-state index in [4.69, 9.17) is 4.74 Å². The Kier molecular flexibility index (Phi) is 10.9. The van der Waals surface area contributed by atoms with Crippen molar-refractivity contribution >= 4 is 39.6 Å². The van der Waals surface area contributed by atoms with E-state index in [1.165, 1.54) is 38.3 Å². The number of fused-ring (bicyclic) bond motifs is 1. The van der Waals surface area contributed by atoms with Crippen LogP contribution in [0.1, 0.15) is 66.5 Å². The molecule has 0 unspecified atom stereocenters. The summed E-state index contributed by atoms with van der Waals surface area (Å²) in [6.45, 7) is 6.85. The Morgan fingerprint density at radius 1 is 0.810 bits per heavy atom. The SMILES string of the molecule is CC(C)(C(=O)NCCNC(=O)c1ccnc(C=C2C(=O)N3[C@@H](C(=O)OC(c4ccccc4)c4ccccc4)C(C)(C)S(=O)(=O)[C@H]23)c1)c1ccc(-c2ccccc2)cc1.